The number of rotatable bonds is 7. The summed E-state index contributed by atoms with van der Waals surface area (Å²) in [7, 11) is -0.0895. The summed E-state index contributed by atoms with van der Waals surface area (Å²) in [5.41, 5.74) is 1.33. The van der Waals surface area contributed by atoms with Crippen LogP contribution >= 0.6 is 11.6 Å². The Morgan fingerprint density at radius 3 is 2.46 bits per heavy atom. The Morgan fingerprint density at radius 2 is 1.86 bits per heavy atom. The van der Waals surface area contributed by atoms with E-state index >= 15 is 0 Å². The van der Waals surface area contributed by atoms with Gasteiger partial charge in [0.2, 0.25) is 0 Å². The van der Waals surface area contributed by atoms with E-state index in [4.69, 9.17) is 21.1 Å². The fraction of sp³-hybridized carbons (Fsp3) is 0.211. The van der Waals surface area contributed by atoms with Crippen LogP contribution in [0.25, 0.3) is 6.08 Å². The van der Waals surface area contributed by atoms with E-state index in [1.54, 1.807) is 31.2 Å². The van der Waals surface area contributed by atoms with Gasteiger partial charge in [-0.1, -0.05) is 17.7 Å². The number of nitrogens with one attached hydrogen (secondary N) is 1. The Morgan fingerprint density at radius 1 is 1.14 bits per heavy atom. The van der Waals surface area contributed by atoms with Crippen LogP contribution in [0.2, 0.25) is 5.02 Å². The van der Waals surface area contributed by atoms with Gasteiger partial charge in [0, 0.05) is 11.1 Å². The van der Waals surface area contributed by atoms with Crippen molar-refractivity contribution in [1.82, 2.24) is 0 Å². The molecule has 2 aromatic carbocycles. The molecule has 0 aliphatic rings. The number of carbonyl (C=O) groups is 1. The quantitative estimate of drug-likeness (QED) is 0.537. The van der Waals surface area contributed by atoms with E-state index in [9.17, 15) is 13.2 Å². The Labute approximate surface area is 168 Å². The third-order valence-electron chi connectivity index (χ3n) is 3.88. The summed E-state index contributed by atoms with van der Waals surface area (Å²) < 4.78 is 43.7. The number of methoxy groups -OCH3 is 3. The van der Waals surface area contributed by atoms with Crippen LogP contribution in [-0.4, -0.2) is 35.7 Å². The number of hydrogen-bond acceptors (Lipinski definition) is 6. The second-order valence-electron chi connectivity index (χ2n) is 5.63. The highest BCUT2D eigenvalue weighted by Crippen LogP contribution is 2.37. The van der Waals surface area contributed by atoms with Crippen molar-refractivity contribution in [3.05, 3.63) is 52.6 Å². The molecule has 28 heavy (non-hydrogen) atoms. The van der Waals surface area contributed by atoms with Gasteiger partial charge in [-0.3, -0.25) is 4.72 Å². The average molecular weight is 426 g/mol. The van der Waals surface area contributed by atoms with Crippen molar-refractivity contribution >= 4 is 39.4 Å². The zero-order valence-electron chi connectivity index (χ0n) is 15.8. The second kappa shape index (κ2) is 8.99. The minimum absolute atomic E-state index is 0.0323. The fourth-order valence-electron chi connectivity index (χ4n) is 2.40. The monoisotopic (exact) mass is 425 g/mol. The summed E-state index contributed by atoms with van der Waals surface area (Å²) in [4.78, 5) is 11.2. The van der Waals surface area contributed by atoms with Gasteiger partial charge >= 0.3 is 5.97 Å². The molecule has 7 nitrogen and oxygen atoms in total. The number of carbonyl (C=O) groups excluding carboxylic acids is 1. The number of ether oxygens (including phenoxy) is 3. The van der Waals surface area contributed by atoms with Crippen LogP contribution < -0.4 is 14.2 Å². The summed E-state index contributed by atoms with van der Waals surface area (Å²) in [5.74, 6) is -0.352. The summed E-state index contributed by atoms with van der Waals surface area (Å²) >= 11 is 6.07. The summed E-state index contributed by atoms with van der Waals surface area (Å²) in [5, 5.41) is 0.430. The molecule has 0 aromatic heterocycles. The Hall–Kier alpha value is -2.71. The molecule has 0 spiro atoms. The first-order chi connectivity index (χ1) is 13.2. The third kappa shape index (κ3) is 4.76. The SMILES string of the molecule is COC(=O)/C=C/c1cc(OC)c(OC)c(S(=O)(=O)Nc2cccc(Cl)c2C)c1. The van der Waals surface area contributed by atoms with E-state index in [-0.39, 0.29) is 16.4 Å². The first-order valence-electron chi connectivity index (χ1n) is 8.03. The molecule has 1 N–H and O–H groups in total. The highest BCUT2D eigenvalue weighted by Gasteiger charge is 2.24. The van der Waals surface area contributed by atoms with Crippen LogP contribution in [0.1, 0.15) is 11.1 Å². The number of hydrogen-bond donors (Lipinski definition) is 1. The van der Waals surface area contributed by atoms with Crippen molar-refractivity contribution in [3.63, 3.8) is 0 Å². The van der Waals surface area contributed by atoms with Crippen molar-refractivity contribution in [3.8, 4) is 11.5 Å². The standard InChI is InChI=1S/C19H20ClNO6S/c1-12-14(20)6-5-7-15(12)21-28(23,24)17-11-13(8-9-18(22)26-3)10-16(25-2)19(17)27-4/h5-11,21H,1-4H3/b9-8+. The van der Waals surface area contributed by atoms with Gasteiger partial charge in [-0.05, 0) is 48.4 Å². The molecule has 0 amide bonds. The molecular weight excluding hydrogens is 406 g/mol. The zero-order chi connectivity index (χ0) is 20.9. The summed E-state index contributed by atoms with van der Waals surface area (Å²) in [6.07, 6.45) is 2.59. The van der Waals surface area contributed by atoms with Crippen LogP contribution in [0.15, 0.2) is 41.3 Å². The normalized spacial score (nSPS) is 11.3. The molecule has 0 atom stereocenters. The molecule has 0 bridgehead atoms. The minimum Gasteiger partial charge on any atom is -0.493 e. The first kappa shape index (κ1) is 21.6. The van der Waals surface area contributed by atoms with E-state index in [2.05, 4.69) is 9.46 Å². The predicted molar refractivity (Wildman–Crippen MR) is 108 cm³/mol. The molecule has 0 aliphatic heterocycles. The minimum atomic E-state index is -4.06. The molecule has 2 aromatic rings. The molecule has 0 heterocycles. The molecule has 0 unspecified atom stereocenters. The van der Waals surface area contributed by atoms with Crippen molar-refractivity contribution in [2.75, 3.05) is 26.1 Å². The van der Waals surface area contributed by atoms with Crippen molar-refractivity contribution < 1.29 is 27.4 Å². The maximum atomic E-state index is 13.1. The lowest BCUT2D eigenvalue weighted by Crippen LogP contribution is -2.15. The first-order valence-corrected chi connectivity index (χ1v) is 9.89. The Balaban J connectivity index is 2.58. The number of sulfonamides is 1. The van der Waals surface area contributed by atoms with Gasteiger partial charge in [0.1, 0.15) is 4.90 Å². The van der Waals surface area contributed by atoms with Crippen LogP contribution in [0, 0.1) is 6.92 Å². The second-order valence-corrected chi connectivity index (χ2v) is 7.69. The highest BCUT2D eigenvalue weighted by atomic mass is 35.5. The van der Waals surface area contributed by atoms with E-state index in [1.165, 1.54) is 39.5 Å². The van der Waals surface area contributed by atoms with Gasteiger partial charge in [0.15, 0.2) is 11.5 Å². The van der Waals surface area contributed by atoms with E-state index < -0.39 is 16.0 Å². The van der Waals surface area contributed by atoms with Crippen molar-refractivity contribution in [2.24, 2.45) is 0 Å². The number of halogens is 1. The van der Waals surface area contributed by atoms with Gasteiger partial charge < -0.3 is 14.2 Å². The van der Waals surface area contributed by atoms with Gasteiger partial charge in [-0.25, -0.2) is 13.2 Å². The maximum absolute atomic E-state index is 13.1. The number of anilines is 1. The molecule has 0 saturated heterocycles. The Bertz CT molecular complexity index is 1020. The molecule has 2 rings (SSSR count). The summed E-state index contributed by atoms with van der Waals surface area (Å²) in [6, 6.07) is 7.81. The fourth-order valence-corrected chi connectivity index (χ4v) is 3.91. The average Bonchev–Trinajstić information content (AvgIpc) is 2.68. The van der Waals surface area contributed by atoms with Crippen molar-refractivity contribution in [1.29, 1.82) is 0 Å². The van der Waals surface area contributed by atoms with Crippen LogP contribution in [0.4, 0.5) is 5.69 Å². The van der Waals surface area contributed by atoms with E-state index in [0.29, 0.717) is 21.8 Å². The van der Waals surface area contributed by atoms with Gasteiger partial charge in [-0.2, -0.15) is 0 Å². The van der Waals surface area contributed by atoms with Gasteiger partial charge in [0.05, 0.1) is 27.0 Å². The Kier molecular flexibility index (Phi) is 6.93. The highest BCUT2D eigenvalue weighted by molar-refractivity contribution is 7.92. The van der Waals surface area contributed by atoms with E-state index in [0.717, 1.165) is 0 Å². The number of esters is 1. The smallest absolute Gasteiger partial charge is 0.330 e. The lowest BCUT2D eigenvalue weighted by molar-refractivity contribution is -0.134. The molecule has 0 radical (unpaired) electrons. The predicted octanol–water partition coefficient (Wildman–Crippen LogP) is 3.65. The third-order valence-corrected chi connectivity index (χ3v) is 5.66. The van der Waals surface area contributed by atoms with Crippen molar-refractivity contribution in [2.45, 2.75) is 11.8 Å². The molecule has 150 valence electrons. The van der Waals surface area contributed by atoms with E-state index in [1.807, 2.05) is 0 Å². The lowest BCUT2D eigenvalue weighted by Gasteiger charge is -2.16. The molecule has 9 heteroatoms. The number of benzene rings is 2. The lowest BCUT2D eigenvalue weighted by atomic mass is 10.2. The summed E-state index contributed by atoms with van der Waals surface area (Å²) in [6.45, 7) is 1.70. The largest absolute Gasteiger partial charge is 0.493 e. The maximum Gasteiger partial charge on any atom is 0.330 e. The zero-order valence-corrected chi connectivity index (χ0v) is 17.3. The molecule has 0 fully saturated rings. The van der Waals surface area contributed by atoms with Crippen LogP contribution in [-0.2, 0) is 19.6 Å². The van der Waals surface area contributed by atoms with Gasteiger partial charge in [-0.15, -0.1) is 0 Å². The topological polar surface area (TPSA) is 90.9 Å². The molecular formula is C19H20ClNO6S. The van der Waals surface area contributed by atoms with Crippen LogP contribution in [0.5, 0.6) is 11.5 Å². The van der Waals surface area contributed by atoms with Gasteiger partial charge in [0.25, 0.3) is 10.0 Å². The molecule has 0 aliphatic carbocycles. The molecule has 0 saturated carbocycles. The van der Waals surface area contributed by atoms with Crippen LogP contribution in [0.3, 0.4) is 0 Å².